The lowest BCUT2D eigenvalue weighted by Crippen LogP contribution is -2.05. The number of hydrogen-bond donors (Lipinski definition) is 2. The number of hydrogen-bond acceptors (Lipinski definition) is 3. The molecule has 0 aliphatic rings. The highest BCUT2D eigenvalue weighted by atomic mass is 19.1. The number of carbonyl (C=O) groups excluding carboxylic acids is 1. The Hall–Kier alpha value is -3.80. The molecule has 0 bridgehead atoms. The molecule has 5 nitrogen and oxygen atoms in total. The molecule has 6 heteroatoms. The van der Waals surface area contributed by atoms with Crippen molar-refractivity contribution in [1.29, 1.82) is 0 Å². The SMILES string of the molecule is NC(=O)C=Cc1cccc(-c2cnc3[nH]cc(-c4ccnc(F)c4)c3c2)c1. The number of halogens is 1. The summed E-state index contributed by atoms with van der Waals surface area (Å²) in [6, 6.07) is 12.8. The van der Waals surface area contributed by atoms with Crippen LogP contribution in [0, 0.1) is 5.95 Å². The molecule has 4 aromatic rings. The van der Waals surface area contributed by atoms with Crippen LogP contribution in [0.2, 0.25) is 0 Å². The molecule has 0 radical (unpaired) electrons. The zero-order chi connectivity index (χ0) is 18.8. The van der Waals surface area contributed by atoms with Crippen LogP contribution in [0.15, 0.2) is 67.1 Å². The lowest BCUT2D eigenvalue weighted by molar-refractivity contribution is -0.113. The van der Waals surface area contributed by atoms with Gasteiger partial charge >= 0.3 is 0 Å². The van der Waals surface area contributed by atoms with E-state index in [0.717, 1.165) is 38.9 Å². The van der Waals surface area contributed by atoms with Gasteiger partial charge in [-0.2, -0.15) is 4.39 Å². The lowest BCUT2D eigenvalue weighted by Gasteiger charge is -2.05. The number of nitrogens with one attached hydrogen (secondary N) is 1. The van der Waals surface area contributed by atoms with E-state index in [9.17, 15) is 9.18 Å². The maximum atomic E-state index is 13.5. The van der Waals surface area contributed by atoms with Gasteiger partial charge in [0.05, 0.1) is 0 Å². The number of carbonyl (C=O) groups is 1. The highest BCUT2D eigenvalue weighted by Crippen LogP contribution is 2.31. The van der Waals surface area contributed by atoms with Crippen LogP contribution >= 0.6 is 0 Å². The molecular weight excluding hydrogens is 343 g/mol. The van der Waals surface area contributed by atoms with Crippen molar-refractivity contribution >= 4 is 23.0 Å². The van der Waals surface area contributed by atoms with Gasteiger partial charge in [0.2, 0.25) is 11.9 Å². The first-order chi connectivity index (χ1) is 13.1. The van der Waals surface area contributed by atoms with Gasteiger partial charge < -0.3 is 10.7 Å². The maximum absolute atomic E-state index is 13.5. The van der Waals surface area contributed by atoms with Crippen LogP contribution in [0.5, 0.6) is 0 Å². The van der Waals surface area contributed by atoms with Crippen molar-refractivity contribution in [3.8, 4) is 22.3 Å². The van der Waals surface area contributed by atoms with Crippen LogP contribution in [0.3, 0.4) is 0 Å². The third kappa shape index (κ3) is 3.46. The van der Waals surface area contributed by atoms with Gasteiger partial charge in [0, 0.05) is 47.2 Å². The molecule has 1 amide bonds. The number of fused-ring (bicyclic) bond motifs is 1. The topological polar surface area (TPSA) is 84.7 Å². The van der Waals surface area contributed by atoms with E-state index in [4.69, 9.17) is 5.73 Å². The number of rotatable bonds is 4. The van der Waals surface area contributed by atoms with Crippen molar-refractivity contribution in [2.45, 2.75) is 0 Å². The summed E-state index contributed by atoms with van der Waals surface area (Å²) in [5, 5.41) is 0.885. The van der Waals surface area contributed by atoms with Crippen LogP contribution in [0.25, 0.3) is 39.4 Å². The summed E-state index contributed by atoms with van der Waals surface area (Å²) >= 11 is 0. The monoisotopic (exact) mass is 358 g/mol. The zero-order valence-electron chi connectivity index (χ0n) is 14.2. The Kier molecular flexibility index (Phi) is 4.22. The molecule has 0 fully saturated rings. The van der Waals surface area contributed by atoms with Gasteiger partial charge in [0.25, 0.3) is 0 Å². The van der Waals surface area contributed by atoms with E-state index in [1.807, 2.05) is 36.5 Å². The van der Waals surface area contributed by atoms with Crippen LogP contribution in [-0.2, 0) is 4.79 Å². The molecule has 0 spiro atoms. The molecule has 0 atom stereocenters. The number of nitrogens with two attached hydrogens (primary N) is 1. The summed E-state index contributed by atoms with van der Waals surface area (Å²) in [6.45, 7) is 0. The molecule has 132 valence electrons. The maximum Gasteiger partial charge on any atom is 0.241 e. The zero-order valence-corrected chi connectivity index (χ0v) is 14.2. The van der Waals surface area contributed by atoms with Crippen molar-refractivity contribution in [3.63, 3.8) is 0 Å². The number of amides is 1. The molecule has 0 unspecified atom stereocenters. The van der Waals surface area contributed by atoms with E-state index in [1.165, 1.54) is 18.3 Å². The number of aromatic amines is 1. The van der Waals surface area contributed by atoms with Gasteiger partial charge in [-0.25, -0.2) is 9.97 Å². The van der Waals surface area contributed by atoms with Crippen LogP contribution in [0.1, 0.15) is 5.56 Å². The Bertz CT molecular complexity index is 1180. The molecule has 1 aromatic carbocycles. The summed E-state index contributed by atoms with van der Waals surface area (Å²) in [4.78, 5) is 22.1. The minimum Gasteiger partial charge on any atom is -0.366 e. The Morgan fingerprint density at radius 2 is 1.96 bits per heavy atom. The fourth-order valence-corrected chi connectivity index (χ4v) is 2.97. The van der Waals surface area contributed by atoms with Crippen molar-refractivity contribution in [2.24, 2.45) is 5.73 Å². The molecule has 0 saturated heterocycles. The lowest BCUT2D eigenvalue weighted by atomic mass is 10.0. The van der Waals surface area contributed by atoms with Crippen molar-refractivity contribution in [3.05, 3.63) is 78.6 Å². The molecule has 4 rings (SSSR count). The quantitative estimate of drug-likeness (QED) is 0.428. The van der Waals surface area contributed by atoms with Crippen LogP contribution in [-0.4, -0.2) is 20.9 Å². The summed E-state index contributed by atoms with van der Waals surface area (Å²) in [7, 11) is 0. The van der Waals surface area contributed by atoms with E-state index in [0.29, 0.717) is 0 Å². The molecule has 0 saturated carbocycles. The third-order valence-electron chi connectivity index (χ3n) is 4.23. The van der Waals surface area contributed by atoms with Gasteiger partial charge in [0.15, 0.2) is 0 Å². The molecule has 0 aliphatic heterocycles. The van der Waals surface area contributed by atoms with E-state index in [-0.39, 0.29) is 0 Å². The largest absolute Gasteiger partial charge is 0.366 e. The second-order valence-corrected chi connectivity index (χ2v) is 6.05. The van der Waals surface area contributed by atoms with Crippen molar-refractivity contribution < 1.29 is 9.18 Å². The summed E-state index contributed by atoms with van der Waals surface area (Å²) in [5.41, 5.74) is 10.2. The average Bonchev–Trinajstić information content (AvgIpc) is 3.10. The average molecular weight is 358 g/mol. The minimum atomic E-state index is -0.528. The molecule has 0 aliphatic carbocycles. The molecule has 27 heavy (non-hydrogen) atoms. The Morgan fingerprint density at radius 3 is 2.78 bits per heavy atom. The van der Waals surface area contributed by atoms with Crippen molar-refractivity contribution in [2.75, 3.05) is 0 Å². The second kappa shape index (κ2) is 6.84. The smallest absolute Gasteiger partial charge is 0.241 e. The first kappa shape index (κ1) is 16.7. The van der Waals surface area contributed by atoms with Crippen LogP contribution in [0.4, 0.5) is 4.39 Å². The molecular formula is C21H15FN4O. The fraction of sp³-hybridized carbons (Fsp3) is 0. The first-order valence-corrected chi connectivity index (χ1v) is 8.27. The summed E-state index contributed by atoms with van der Waals surface area (Å²) in [5.74, 6) is -1.02. The first-order valence-electron chi connectivity index (χ1n) is 8.27. The van der Waals surface area contributed by atoms with E-state index in [1.54, 1.807) is 18.3 Å². The predicted molar refractivity (Wildman–Crippen MR) is 103 cm³/mol. The Morgan fingerprint density at radius 1 is 1.07 bits per heavy atom. The third-order valence-corrected chi connectivity index (χ3v) is 4.23. The Balaban J connectivity index is 1.79. The molecule has 3 aromatic heterocycles. The van der Waals surface area contributed by atoms with Crippen LogP contribution < -0.4 is 5.73 Å². The predicted octanol–water partition coefficient (Wildman–Crippen LogP) is 3.93. The fourth-order valence-electron chi connectivity index (χ4n) is 2.97. The Labute approximate surface area is 154 Å². The number of pyridine rings is 2. The normalized spacial score (nSPS) is 11.3. The number of H-pyrrole nitrogens is 1. The molecule has 3 heterocycles. The number of nitrogens with zero attached hydrogens (tertiary/aromatic N) is 2. The second-order valence-electron chi connectivity index (χ2n) is 6.05. The highest BCUT2D eigenvalue weighted by molar-refractivity contribution is 5.96. The number of primary amides is 1. The van der Waals surface area contributed by atoms with E-state index < -0.39 is 11.9 Å². The van der Waals surface area contributed by atoms with Gasteiger partial charge in [-0.3, -0.25) is 4.79 Å². The van der Waals surface area contributed by atoms with Crippen molar-refractivity contribution in [1.82, 2.24) is 15.0 Å². The standard InChI is InChI=1S/C21H15FN4O/c22-19-10-15(6-7-24-19)18-12-26-21-17(18)9-16(11-25-21)14-3-1-2-13(8-14)4-5-20(23)27/h1-12H,(H2,23,27)(H,25,26). The summed E-state index contributed by atoms with van der Waals surface area (Å²) < 4.78 is 13.5. The minimum absolute atomic E-state index is 0.495. The summed E-state index contributed by atoms with van der Waals surface area (Å²) in [6.07, 6.45) is 8.01. The van der Waals surface area contributed by atoms with Gasteiger partial charge in [-0.05, 0) is 41.0 Å². The van der Waals surface area contributed by atoms with Gasteiger partial charge in [-0.1, -0.05) is 18.2 Å². The van der Waals surface area contributed by atoms with Gasteiger partial charge in [0.1, 0.15) is 5.65 Å². The number of benzene rings is 1. The molecule has 3 N–H and O–H groups in total. The number of aromatic nitrogens is 3. The highest BCUT2D eigenvalue weighted by Gasteiger charge is 2.10. The van der Waals surface area contributed by atoms with E-state index >= 15 is 0 Å². The van der Waals surface area contributed by atoms with Gasteiger partial charge in [-0.15, -0.1) is 0 Å². The van der Waals surface area contributed by atoms with E-state index in [2.05, 4.69) is 15.0 Å².